The molecular formula is C17H24N4O4S. The first-order valence-corrected chi connectivity index (χ1v) is 9.20. The Balaban J connectivity index is 2.83. The molecule has 0 fully saturated rings. The average Bonchev–Trinajstić information content (AvgIpc) is 2.53. The van der Waals surface area contributed by atoms with Crippen molar-refractivity contribution in [1.29, 1.82) is 0 Å². The topological polar surface area (TPSA) is 107 Å². The molecule has 9 heteroatoms. The molecule has 0 bridgehead atoms. The molecule has 2 aromatic rings. The standard InChI is InChI=1S/C17H24N4O4S/c1-7-9(15(23)24)26-13-11-12(18-10(19-13)8-17(2,3)4)20(5)16(25)21(6)14(11)22/h9H,7-8H2,1-6H3,(H,23,24)/t9-/m1/s1. The predicted octanol–water partition coefficient (Wildman–Crippen LogP) is 1.57. The number of aliphatic carboxylic acids is 1. The van der Waals surface area contributed by atoms with Gasteiger partial charge in [0.05, 0.1) is 0 Å². The maximum absolute atomic E-state index is 12.7. The van der Waals surface area contributed by atoms with Gasteiger partial charge in [-0.25, -0.2) is 14.8 Å². The summed E-state index contributed by atoms with van der Waals surface area (Å²) in [5.41, 5.74) is -0.877. The Morgan fingerprint density at radius 1 is 1.19 bits per heavy atom. The molecule has 0 radical (unpaired) electrons. The monoisotopic (exact) mass is 380 g/mol. The van der Waals surface area contributed by atoms with E-state index in [-0.39, 0.29) is 16.4 Å². The summed E-state index contributed by atoms with van der Waals surface area (Å²) in [6.45, 7) is 7.85. The van der Waals surface area contributed by atoms with Crippen LogP contribution >= 0.6 is 11.8 Å². The van der Waals surface area contributed by atoms with Gasteiger partial charge in [-0.2, -0.15) is 0 Å². The molecule has 0 saturated carbocycles. The van der Waals surface area contributed by atoms with Gasteiger partial charge in [-0.1, -0.05) is 39.5 Å². The van der Waals surface area contributed by atoms with Gasteiger partial charge in [0.15, 0.2) is 5.65 Å². The third kappa shape index (κ3) is 3.98. The van der Waals surface area contributed by atoms with Gasteiger partial charge in [-0.3, -0.25) is 18.7 Å². The van der Waals surface area contributed by atoms with E-state index in [1.54, 1.807) is 14.0 Å². The molecule has 0 amide bonds. The molecule has 8 nitrogen and oxygen atoms in total. The Morgan fingerprint density at radius 3 is 2.31 bits per heavy atom. The van der Waals surface area contributed by atoms with Crippen molar-refractivity contribution in [2.24, 2.45) is 19.5 Å². The number of aryl methyl sites for hydroxylation is 1. The summed E-state index contributed by atoms with van der Waals surface area (Å²) in [5, 5.41) is 9.13. The minimum Gasteiger partial charge on any atom is -0.480 e. The lowest BCUT2D eigenvalue weighted by atomic mass is 9.92. The number of nitrogens with zero attached hydrogens (tertiary/aromatic N) is 4. The quantitative estimate of drug-likeness (QED) is 0.620. The SMILES string of the molecule is CC[C@@H](Sc1nc(CC(C)(C)C)nc2c1c(=O)n(C)c(=O)n2C)C(=O)O. The molecule has 2 heterocycles. The van der Waals surface area contributed by atoms with Crippen LogP contribution in [-0.2, 0) is 25.3 Å². The molecule has 26 heavy (non-hydrogen) atoms. The second-order valence-electron chi connectivity index (χ2n) is 7.44. The van der Waals surface area contributed by atoms with E-state index in [0.29, 0.717) is 23.7 Å². The first kappa shape index (κ1) is 20.2. The molecule has 0 saturated heterocycles. The van der Waals surface area contributed by atoms with Crippen molar-refractivity contribution in [2.75, 3.05) is 0 Å². The van der Waals surface area contributed by atoms with Crippen LogP contribution in [0.15, 0.2) is 14.6 Å². The molecule has 0 unspecified atom stereocenters. The predicted molar refractivity (Wildman–Crippen MR) is 101 cm³/mol. The highest BCUT2D eigenvalue weighted by molar-refractivity contribution is 8.00. The Morgan fingerprint density at radius 2 is 1.81 bits per heavy atom. The van der Waals surface area contributed by atoms with Crippen LogP contribution in [-0.4, -0.2) is 35.4 Å². The molecule has 1 atom stereocenters. The van der Waals surface area contributed by atoms with Crippen molar-refractivity contribution in [3.05, 3.63) is 26.7 Å². The van der Waals surface area contributed by atoms with Gasteiger partial charge in [-0.15, -0.1) is 0 Å². The van der Waals surface area contributed by atoms with Gasteiger partial charge >= 0.3 is 11.7 Å². The Kier molecular flexibility index (Phi) is 5.60. The highest BCUT2D eigenvalue weighted by Gasteiger charge is 2.24. The van der Waals surface area contributed by atoms with Crippen molar-refractivity contribution in [3.63, 3.8) is 0 Å². The van der Waals surface area contributed by atoms with E-state index in [2.05, 4.69) is 9.97 Å². The van der Waals surface area contributed by atoms with Crippen LogP contribution in [0.4, 0.5) is 0 Å². The molecular weight excluding hydrogens is 356 g/mol. The van der Waals surface area contributed by atoms with Gasteiger partial charge < -0.3 is 5.11 Å². The first-order chi connectivity index (χ1) is 12.0. The van der Waals surface area contributed by atoms with Crippen LogP contribution in [0.25, 0.3) is 11.0 Å². The van der Waals surface area contributed by atoms with Gasteiger partial charge in [0, 0.05) is 20.5 Å². The number of carboxylic acids is 1. The Bertz CT molecular complexity index is 972. The number of hydrogen-bond donors (Lipinski definition) is 1. The highest BCUT2D eigenvalue weighted by Crippen LogP contribution is 2.29. The number of carboxylic acid groups (broad SMARTS) is 1. The fourth-order valence-electron chi connectivity index (χ4n) is 2.55. The third-order valence-electron chi connectivity index (χ3n) is 3.90. The normalized spacial score (nSPS) is 13.2. The number of thioether (sulfide) groups is 1. The molecule has 0 spiro atoms. The summed E-state index contributed by atoms with van der Waals surface area (Å²) in [6, 6.07) is 0. The summed E-state index contributed by atoms with van der Waals surface area (Å²) in [5.74, 6) is -0.487. The number of hydrogen-bond acceptors (Lipinski definition) is 6. The summed E-state index contributed by atoms with van der Waals surface area (Å²) >= 11 is 1.02. The van der Waals surface area contributed by atoms with Crippen LogP contribution in [0.3, 0.4) is 0 Å². The zero-order chi connectivity index (χ0) is 19.8. The van der Waals surface area contributed by atoms with Gasteiger partial charge in [-0.05, 0) is 11.8 Å². The Labute approximate surface area is 155 Å². The van der Waals surface area contributed by atoms with E-state index >= 15 is 0 Å². The maximum Gasteiger partial charge on any atom is 0.332 e. The average molecular weight is 380 g/mol. The van der Waals surface area contributed by atoms with Gasteiger partial charge in [0.1, 0.15) is 21.5 Å². The van der Waals surface area contributed by atoms with Crippen LogP contribution in [0.5, 0.6) is 0 Å². The van der Waals surface area contributed by atoms with Crippen LogP contribution in [0.1, 0.15) is 39.9 Å². The summed E-state index contributed by atoms with van der Waals surface area (Å²) < 4.78 is 2.29. The highest BCUT2D eigenvalue weighted by atomic mass is 32.2. The van der Waals surface area contributed by atoms with Gasteiger partial charge in [0.25, 0.3) is 5.56 Å². The zero-order valence-electron chi connectivity index (χ0n) is 15.9. The molecule has 1 N–H and O–H groups in total. The third-order valence-corrected chi connectivity index (χ3v) is 5.24. The van der Waals surface area contributed by atoms with Gasteiger partial charge in [0.2, 0.25) is 0 Å². The molecule has 0 aliphatic rings. The minimum absolute atomic E-state index is 0.106. The van der Waals surface area contributed by atoms with E-state index in [1.165, 1.54) is 11.6 Å². The van der Waals surface area contributed by atoms with E-state index in [0.717, 1.165) is 16.3 Å². The number of carbonyl (C=O) groups is 1. The van der Waals surface area contributed by atoms with Crippen molar-refractivity contribution >= 4 is 28.8 Å². The number of fused-ring (bicyclic) bond motifs is 1. The van der Waals surface area contributed by atoms with E-state index in [4.69, 9.17) is 0 Å². The molecule has 2 aromatic heterocycles. The number of rotatable bonds is 5. The minimum atomic E-state index is -0.969. The van der Waals surface area contributed by atoms with Crippen molar-refractivity contribution < 1.29 is 9.90 Å². The largest absolute Gasteiger partial charge is 0.480 e. The molecule has 0 aliphatic heterocycles. The molecule has 0 aliphatic carbocycles. The zero-order valence-corrected chi connectivity index (χ0v) is 16.7. The second-order valence-corrected chi connectivity index (χ2v) is 8.63. The lowest BCUT2D eigenvalue weighted by molar-refractivity contribution is -0.136. The van der Waals surface area contributed by atoms with Crippen molar-refractivity contribution in [1.82, 2.24) is 19.1 Å². The first-order valence-electron chi connectivity index (χ1n) is 8.32. The molecule has 2 rings (SSSR count). The van der Waals surface area contributed by atoms with E-state index in [1.807, 2.05) is 20.8 Å². The summed E-state index contributed by atoms with van der Waals surface area (Å²) in [4.78, 5) is 45.3. The van der Waals surface area contributed by atoms with Crippen molar-refractivity contribution in [3.8, 4) is 0 Å². The summed E-state index contributed by atoms with van der Waals surface area (Å²) in [7, 11) is 2.93. The van der Waals surface area contributed by atoms with E-state index < -0.39 is 22.5 Å². The van der Waals surface area contributed by atoms with Crippen molar-refractivity contribution in [2.45, 2.75) is 50.8 Å². The fourth-order valence-corrected chi connectivity index (χ4v) is 3.55. The van der Waals surface area contributed by atoms with E-state index in [9.17, 15) is 19.5 Å². The number of aromatic nitrogens is 4. The lowest BCUT2D eigenvalue weighted by Gasteiger charge is -2.19. The summed E-state index contributed by atoms with van der Waals surface area (Å²) in [6.07, 6.45) is 0.913. The molecule has 0 aromatic carbocycles. The Hall–Kier alpha value is -2.16. The molecule has 142 valence electrons. The fraction of sp³-hybridized carbons (Fsp3) is 0.588. The van der Waals surface area contributed by atoms with Crippen LogP contribution in [0.2, 0.25) is 0 Å². The van der Waals surface area contributed by atoms with Crippen LogP contribution < -0.4 is 11.2 Å². The smallest absolute Gasteiger partial charge is 0.332 e. The second kappa shape index (κ2) is 7.22. The van der Waals surface area contributed by atoms with Crippen LogP contribution in [0, 0.1) is 5.41 Å². The maximum atomic E-state index is 12.7. The lowest BCUT2D eigenvalue weighted by Crippen LogP contribution is -2.38.